The number of hydrogen-bond donors (Lipinski definition) is 1. The zero-order chi connectivity index (χ0) is 7.56. The van der Waals surface area contributed by atoms with Crippen molar-refractivity contribution in [1.82, 2.24) is 0 Å². The Hall–Kier alpha value is -0.300. The average molecular weight is 140 g/mol. The molecule has 10 heavy (non-hydrogen) atoms. The maximum atomic E-state index is 9.21. The average Bonchev–Trinajstić information content (AvgIpc) is 1.88. The van der Waals surface area contributed by atoms with Gasteiger partial charge in [-0.1, -0.05) is 19.1 Å². The van der Waals surface area contributed by atoms with Gasteiger partial charge in [0.05, 0.1) is 6.10 Å². The molecule has 1 aliphatic rings. The molecule has 0 aromatic rings. The van der Waals surface area contributed by atoms with Crippen LogP contribution in [0.3, 0.4) is 0 Å². The lowest BCUT2D eigenvalue weighted by molar-refractivity contribution is 0.138. The second-order valence-corrected chi connectivity index (χ2v) is 3.34. The van der Waals surface area contributed by atoms with Crippen molar-refractivity contribution in [2.24, 2.45) is 11.8 Å². The molecule has 1 aliphatic carbocycles. The number of aliphatic hydroxyl groups is 1. The van der Waals surface area contributed by atoms with Crippen LogP contribution in [0.2, 0.25) is 0 Å². The Balaban J connectivity index is 2.45. The Morgan fingerprint density at radius 2 is 2.10 bits per heavy atom. The van der Waals surface area contributed by atoms with Crippen LogP contribution in [0.15, 0.2) is 12.2 Å². The van der Waals surface area contributed by atoms with Crippen LogP contribution >= 0.6 is 0 Å². The maximum absolute atomic E-state index is 9.21. The quantitative estimate of drug-likeness (QED) is 0.552. The van der Waals surface area contributed by atoms with E-state index in [1.54, 1.807) is 0 Å². The summed E-state index contributed by atoms with van der Waals surface area (Å²) in [5.41, 5.74) is 0. The smallest absolute Gasteiger partial charge is 0.0574 e. The summed E-state index contributed by atoms with van der Waals surface area (Å²) in [5, 5.41) is 9.21. The number of hydrogen-bond acceptors (Lipinski definition) is 1. The Bertz CT molecular complexity index is 127. The van der Waals surface area contributed by atoms with E-state index in [1.807, 2.05) is 6.92 Å². The van der Waals surface area contributed by atoms with Gasteiger partial charge in [0, 0.05) is 5.92 Å². The van der Waals surface area contributed by atoms with E-state index in [2.05, 4.69) is 19.1 Å². The van der Waals surface area contributed by atoms with Crippen molar-refractivity contribution in [1.29, 1.82) is 0 Å². The molecule has 0 saturated heterocycles. The molecule has 0 heterocycles. The summed E-state index contributed by atoms with van der Waals surface area (Å²) in [6, 6.07) is 0. The van der Waals surface area contributed by atoms with Crippen molar-refractivity contribution in [3.63, 3.8) is 0 Å². The second-order valence-electron chi connectivity index (χ2n) is 3.34. The van der Waals surface area contributed by atoms with Crippen molar-refractivity contribution in [3.8, 4) is 0 Å². The molecule has 0 amide bonds. The molecule has 1 nitrogen and oxygen atoms in total. The standard InChI is InChI=1S/C9H16O/c1-7-3-5-9(6-4-7)8(2)10/h3,5,7-10H,4,6H2,1-2H3/t7-,8?,9?/m0/s1. The van der Waals surface area contributed by atoms with E-state index >= 15 is 0 Å². The van der Waals surface area contributed by atoms with Crippen LogP contribution in [-0.2, 0) is 0 Å². The summed E-state index contributed by atoms with van der Waals surface area (Å²) in [6.07, 6.45) is 6.57. The highest BCUT2D eigenvalue weighted by Gasteiger charge is 2.16. The van der Waals surface area contributed by atoms with E-state index in [0.29, 0.717) is 5.92 Å². The Morgan fingerprint density at radius 1 is 1.40 bits per heavy atom. The Morgan fingerprint density at radius 3 is 2.50 bits per heavy atom. The second kappa shape index (κ2) is 3.20. The molecule has 2 unspecified atom stereocenters. The predicted molar refractivity (Wildman–Crippen MR) is 42.7 cm³/mol. The zero-order valence-electron chi connectivity index (χ0n) is 6.75. The van der Waals surface area contributed by atoms with Crippen molar-refractivity contribution in [2.75, 3.05) is 0 Å². The summed E-state index contributed by atoms with van der Waals surface area (Å²) in [5.74, 6) is 1.13. The van der Waals surface area contributed by atoms with Gasteiger partial charge in [0.2, 0.25) is 0 Å². The summed E-state index contributed by atoms with van der Waals surface area (Å²) in [7, 11) is 0. The van der Waals surface area contributed by atoms with E-state index in [4.69, 9.17) is 0 Å². The third-order valence-corrected chi connectivity index (χ3v) is 2.26. The molecule has 1 N–H and O–H groups in total. The van der Waals surface area contributed by atoms with E-state index in [-0.39, 0.29) is 6.10 Å². The molecule has 0 radical (unpaired) electrons. The number of rotatable bonds is 1. The van der Waals surface area contributed by atoms with Gasteiger partial charge in [0.15, 0.2) is 0 Å². The van der Waals surface area contributed by atoms with Crippen LogP contribution in [0.1, 0.15) is 26.7 Å². The largest absolute Gasteiger partial charge is 0.393 e. The molecule has 0 aromatic heterocycles. The van der Waals surface area contributed by atoms with Crippen LogP contribution in [0.4, 0.5) is 0 Å². The first kappa shape index (κ1) is 7.80. The monoisotopic (exact) mass is 140 g/mol. The Labute approximate surface area is 62.8 Å². The molecular weight excluding hydrogens is 124 g/mol. The molecule has 0 aromatic carbocycles. The topological polar surface area (TPSA) is 20.2 Å². The van der Waals surface area contributed by atoms with Crippen molar-refractivity contribution in [2.45, 2.75) is 32.8 Å². The summed E-state index contributed by atoms with van der Waals surface area (Å²) in [6.45, 7) is 4.08. The lowest BCUT2D eigenvalue weighted by atomic mass is 9.87. The summed E-state index contributed by atoms with van der Waals surface area (Å²) >= 11 is 0. The van der Waals surface area contributed by atoms with Crippen molar-refractivity contribution in [3.05, 3.63) is 12.2 Å². The molecule has 0 aliphatic heterocycles. The van der Waals surface area contributed by atoms with Gasteiger partial charge in [-0.05, 0) is 25.7 Å². The van der Waals surface area contributed by atoms with Crippen LogP contribution in [-0.4, -0.2) is 11.2 Å². The van der Waals surface area contributed by atoms with Gasteiger partial charge in [-0.15, -0.1) is 0 Å². The van der Waals surface area contributed by atoms with E-state index in [1.165, 1.54) is 6.42 Å². The van der Waals surface area contributed by atoms with E-state index in [9.17, 15) is 5.11 Å². The van der Waals surface area contributed by atoms with Crippen LogP contribution in [0, 0.1) is 11.8 Å². The first-order valence-corrected chi connectivity index (χ1v) is 4.06. The lowest BCUT2D eigenvalue weighted by Gasteiger charge is -2.22. The molecule has 1 rings (SSSR count). The first-order valence-electron chi connectivity index (χ1n) is 4.06. The predicted octanol–water partition coefficient (Wildman–Crippen LogP) is 1.97. The van der Waals surface area contributed by atoms with Crippen LogP contribution in [0.5, 0.6) is 0 Å². The zero-order valence-corrected chi connectivity index (χ0v) is 6.75. The molecule has 58 valence electrons. The minimum absolute atomic E-state index is 0.163. The van der Waals surface area contributed by atoms with Gasteiger partial charge in [0.25, 0.3) is 0 Å². The lowest BCUT2D eigenvalue weighted by Crippen LogP contribution is -2.18. The van der Waals surface area contributed by atoms with Gasteiger partial charge in [-0.3, -0.25) is 0 Å². The third-order valence-electron chi connectivity index (χ3n) is 2.26. The third kappa shape index (κ3) is 1.84. The summed E-state index contributed by atoms with van der Waals surface area (Å²) < 4.78 is 0. The molecule has 0 fully saturated rings. The van der Waals surface area contributed by atoms with Gasteiger partial charge in [-0.25, -0.2) is 0 Å². The van der Waals surface area contributed by atoms with E-state index < -0.39 is 0 Å². The fraction of sp³-hybridized carbons (Fsp3) is 0.778. The summed E-state index contributed by atoms with van der Waals surface area (Å²) in [4.78, 5) is 0. The molecule has 0 bridgehead atoms. The van der Waals surface area contributed by atoms with Gasteiger partial charge in [-0.2, -0.15) is 0 Å². The molecule has 3 atom stereocenters. The molecular formula is C9H16O. The van der Waals surface area contributed by atoms with E-state index in [0.717, 1.165) is 12.3 Å². The van der Waals surface area contributed by atoms with Crippen molar-refractivity contribution < 1.29 is 5.11 Å². The fourth-order valence-corrected chi connectivity index (χ4v) is 1.38. The van der Waals surface area contributed by atoms with Gasteiger partial charge < -0.3 is 5.11 Å². The minimum Gasteiger partial charge on any atom is -0.393 e. The van der Waals surface area contributed by atoms with Crippen LogP contribution < -0.4 is 0 Å². The maximum Gasteiger partial charge on any atom is 0.0574 e. The minimum atomic E-state index is -0.163. The van der Waals surface area contributed by atoms with Crippen LogP contribution in [0.25, 0.3) is 0 Å². The first-order chi connectivity index (χ1) is 4.70. The SMILES string of the molecule is CC(O)C1C=C[C@H](C)CC1. The molecule has 0 saturated carbocycles. The highest BCUT2D eigenvalue weighted by molar-refractivity contribution is 4.98. The normalized spacial score (nSPS) is 35.9. The fourth-order valence-electron chi connectivity index (χ4n) is 1.38. The molecule has 0 spiro atoms. The number of allylic oxidation sites excluding steroid dienone is 1. The number of aliphatic hydroxyl groups excluding tert-OH is 1. The molecule has 1 heteroatoms. The van der Waals surface area contributed by atoms with Gasteiger partial charge >= 0.3 is 0 Å². The van der Waals surface area contributed by atoms with Gasteiger partial charge in [0.1, 0.15) is 0 Å². The highest BCUT2D eigenvalue weighted by atomic mass is 16.3. The Kier molecular flexibility index (Phi) is 2.50. The van der Waals surface area contributed by atoms with Crippen molar-refractivity contribution >= 4 is 0 Å². The highest BCUT2D eigenvalue weighted by Crippen LogP contribution is 2.23.